The number of hydrogen-bond acceptors (Lipinski definition) is 7. The van der Waals surface area contributed by atoms with Gasteiger partial charge in [-0.15, -0.1) is 23.1 Å². The molecule has 1 aliphatic heterocycles. The number of aromatic nitrogens is 2. The lowest BCUT2D eigenvalue weighted by Crippen LogP contribution is -2.54. The summed E-state index contributed by atoms with van der Waals surface area (Å²) < 4.78 is 1.79. The van der Waals surface area contributed by atoms with Gasteiger partial charge in [-0.05, 0) is 44.0 Å². The van der Waals surface area contributed by atoms with Crippen LogP contribution < -0.4 is 0 Å². The highest BCUT2D eigenvalue weighted by Gasteiger charge is 2.45. The van der Waals surface area contributed by atoms with Gasteiger partial charge < -0.3 is 15.1 Å². The second-order valence-electron chi connectivity index (χ2n) is 10.8. The predicted octanol–water partition coefficient (Wildman–Crippen LogP) is 6.44. The molecule has 2 atom stereocenters. The fourth-order valence-electron chi connectivity index (χ4n) is 4.95. The first-order chi connectivity index (χ1) is 19.2. The van der Waals surface area contributed by atoms with Crippen LogP contribution in [-0.2, 0) is 15.3 Å². The van der Waals surface area contributed by atoms with E-state index in [0.717, 1.165) is 4.88 Å². The minimum absolute atomic E-state index is 0.0513. The Morgan fingerprint density at radius 2 is 1.78 bits per heavy atom. The summed E-state index contributed by atoms with van der Waals surface area (Å²) in [6, 6.07) is 6.64. The van der Waals surface area contributed by atoms with Crippen LogP contribution in [0.3, 0.4) is 0 Å². The van der Waals surface area contributed by atoms with Crippen molar-refractivity contribution in [2.45, 2.75) is 63.3 Å². The number of thiophene rings is 1. The van der Waals surface area contributed by atoms with Crippen molar-refractivity contribution in [2.75, 3.05) is 6.54 Å². The maximum Gasteiger partial charge on any atom is 0.337 e. The van der Waals surface area contributed by atoms with E-state index in [2.05, 4.69) is 5.10 Å². The van der Waals surface area contributed by atoms with Crippen LogP contribution in [0.2, 0.25) is 9.36 Å². The molecule has 0 radical (unpaired) electrons. The number of amides is 1. The summed E-state index contributed by atoms with van der Waals surface area (Å²) >= 11 is 15.2. The number of rotatable bonds is 7. The van der Waals surface area contributed by atoms with E-state index in [0.29, 0.717) is 45.8 Å². The molecule has 2 aromatic heterocycles. The smallest absolute Gasteiger partial charge is 0.337 e. The predicted molar refractivity (Wildman–Crippen MR) is 159 cm³/mol. The van der Waals surface area contributed by atoms with Gasteiger partial charge in [-0.1, -0.05) is 50.0 Å². The van der Waals surface area contributed by atoms with Gasteiger partial charge >= 0.3 is 11.9 Å². The summed E-state index contributed by atoms with van der Waals surface area (Å²) in [5.41, 5.74) is -0.0510. The Hall–Kier alpha value is -2.86. The molecule has 2 N–H and O–H groups in total. The normalized spacial score (nSPS) is 17.5. The quantitative estimate of drug-likeness (QED) is 0.283. The molecule has 41 heavy (non-hydrogen) atoms. The third kappa shape index (κ3) is 6.33. The van der Waals surface area contributed by atoms with Gasteiger partial charge in [-0.2, -0.15) is 9.78 Å². The van der Waals surface area contributed by atoms with Crippen molar-refractivity contribution in [3.8, 4) is 0 Å². The topological polar surface area (TPSA) is 130 Å². The van der Waals surface area contributed by atoms with E-state index in [9.17, 15) is 29.4 Å². The van der Waals surface area contributed by atoms with E-state index in [4.69, 9.17) is 23.2 Å². The molecule has 1 fully saturated rings. The average molecular weight is 639 g/mol. The average Bonchev–Trinajstić information content (AvgIpc) is 3.47. The maximum absolute atomic E-state index is 13.9. The molecule has 1 aliphatic rings. The molecular weight excluding hydrogens is 609 g/mol. The van der Waals surface area contributed by atoms with Crippen LogP contribution >= 0.6 is 46.3 Å². The van der Waals surface area contributed by atoms with Crippen LogP contribution in [0, 0.1) is 12.3 Å². The largest absolute Gasteiger partial charge is 0.480 e. The van der Waals surface area contributed by atoms with Crippen molar-refractivity contribution in [3.63, 3.8) is 0 Å². The number of thioether (sulfide) groups is 1. The van der Waals surface area contributed by atoms with Crippen LogP contribution in [0.25, 0.3) is 0 Å². The summed E-state index contributed by atoms with van der Waals surface area (Å²) in [5.74, 6) is -3.55. The zero-order chi connectivity index (χ0) is 30.2. The van der Waals surface area contributed by atoms with Crippen molar-refractivity contribution in [2.24, 2.45) is 5.41 Å². The van der Waals surface area contributed by atoms with Crippen molar-refractivity contribution >= 4 is 70.1 Å². The van der Waals surface area contributed by atoms with Crippen LogP contribution in [0.5, 0.6) is 0 Å². The van der Waals surface area contributed by atoms with Gasteiger partial charge in [0.05, 0.1) is 26.2 Å². The molecule has 13 heteroatoms. The summed E-state index contributed by atoms with van der Waals surface area (Å²) in [6.45, 7) is 7.32. The first kappa shape index (κ1) is 31.1. The number of carboxylic acids is 2. The number of hydrogen-bond donors (Lipinski definition) is 2. The van der Waals surface area contributed by atoms with Crippen LogP contribution in [0.4, 0.5) is 0 Å². The summed E-state index contributed by atoms with van der Waals surface area (Å²) in [4.78, 5) is 53.7. The lowest BCUT2D eigenvalue weighted by molar-refractivity contribution is -0.157. The molecule has 9 nitrogen and oxygen atoms in total. The number of carbonyl (C=O) groups excluding carboxylic acids is 2. The lowest BCUT2D eigenvalue weighted by atomic mass is 9.83. The molecule has 1 aromatic carbocycles. The van der Waals surface area contributed by atoms with Gasteiger partial charge in [0.2, 0.25) is 5.91 Å². The fraction of sp³-hybridized carbons (Fsp3) is 0.393. The van der Waals surface area contributed by atoms with Crippen molar-refractivity contribution in [3.05, 3.63) is 67.0 Å². The number of likely N-dealkylation sites (tertiary alicyclic amines) is 1. The number of carbonyl (C=O) groups is 4. The first-order valence-corrected chi connectivity index (χ1v) is 15.3. The fourth-order valence-corrected chi connectivity index (χ4v) is 7.47. The third-order valence-corrected chi connectivity index (χ3v) is 9.90. The molecular formula is C28H29Cl2N3O6S2. The van der Waals surface area contributed by atoms with Gasteiger partial charge in [0.15, 0.2) is 0 Å². The van der Waals surface area contributed by atoms with Crippen LogP contribution in [-0.4, -0.2) is 61.2 Å². The second-order valence-corrected chi connectivity index (χ2v) is 13.9. The molecule has 218 valence electrons. The zero-order valence-electron chi connectivity index (χ0n) is 22.8. The van der Waals surface area contributed by atoms with Gasteiger partial charge in [0.1, 0.15) is 11.1 Å². The van der Waals surface area contributed by atoms with E-state index in [1.165, 1.54) is 50.9 Å². The first-order valence-electron chi connectivity index (χ1n) is 12.8. The Balaban J connectivity index is 1.83. The third-order valence-electron chi connectivity index (χ3n) is 6.87. The Labute approximate surface area is 255 Å². The maximum atomic E-state index is 13.9. The van der Waals surface area contributed by atoms with Gasteiger partial charge in [0, 0.05) is 34.1 Å². The minimum Gasteiger partial charge on any atom is -0.480 e. The number of aliphatic carboxylic acids is 1. The standard InChI is InChI=1S/C28H29Cl2N3O6S2/c1-14-21(18-9-6-12-32(22(18)26(37)38)27(39)28(2,3)4)31-33(24(14)40-13-15-10-11-19(29)41-15)23(34)16-7-5-8-17(20(16)30)25(35)36/h5,7-8,10-11,18,22H,6,9,12-13H2,1-4H3,(H,35,36)(H,37,38). The summed E-state index contributed by atoms with van der Waals surface area (Å²) in [5, 5.41) is 24.7. The Morgan fingerprint density at radius 1 is 1.10 bits per heavy atom. The molecule has 1 saturated heterocycles. The molecule has 0 spiro atoms. The van der Waals surface area contributed by atoms with Crippen LogP contribution in [0.1, 0.15) is 76.4 Å². The van der Waals surface area contributed by atoms with E-state index < -0.39 is 35.2 Å². The highest BCUT2D eigenvalue weighted by molar-refractivity contribution is 7.98. The van der Waals surface area contributed by atoms with Gasteiger partial charge in [-0.25, -0.2) is 9.59 Å². The van der Waals surface area contributed by atoms with Crippen LogP contribution in [0.15, 0.2) is 35.4 Å². The van der Waals surface area contributed by atoms with Crippen molar-refractivity contribution in [1.82, 2.24) is 14.7 Å². The van der Waals surface area contributed by atoms with Crippen molar-refractivity contribution in [1.29, 1.82) is 0 Å². The minimum atomic E-state index is -1.28. The monoisotopic (exact) mass is 637 g/mol. The lowest BCUT2D eigenvalue weighted by Gasteiger charge is -2.41. The molecule has 4 rings (SSSR count). The van der Waals surface area contributed by atoms with E-state index in [1.807, 2.05) is 6.07 Å². The number of halogens is 2. The van der Waals surface area contributed by atoms with Gasteiger partial charge in [-0.3, -0.25) is 9.59 Å². The Bertz CT molecular complexity index is 1530. The summed E-state index contributed by atoms with van der Waals surface area (Å²) in [7, 11) is 0. The molecule has 0 saturated carbocycles. The number of benzene rings is 1. The second kappa shape index (κ2) is 12.2. The molecule has 3 heterocycles. The highest BCUT2D eigenvalue weighted by atomic mass is 35.5. The molecule has 1 amide bonds. The van der Waals surface area contributed by atoms with E-state index in [-0.39, 0.29) is 22.1 Å². The molecule has 3 aromatic rings. The molecule has 2 unspecified atom stereocenters. The summed E-state index contributed by atoms with van der Waals surface area (Å²) in [6.07, 6.45) is 1.02. The number of piperidine rings is 1. The van der Waals surface area contributed by atoms with Crippen molar-refractivity contribution < 1.29 is 29.4 Å². The van der Waals surface area contributed by atoms with E-state index >= 15 is 0 Å². The number of aromatic carboxylic acids is 1. The number of carboxylic acid groups (broad SMARTS) is 2. The van der Waals surface area contributed by atoms with Gasteiger partial charge in [0.25, 0.3) is 5.91 Å². The Kier molecular flexibility index (Phi) is 9.22. The molecule has 0 bridgehead atoms. The molecule has 0 aliphatic carbocycles. The number of nitrogens with zero attached hydrogens (tertiary/aromatic N) is 3. The zero-order valence-corrected chi connectivity index (χ0v) is 26.0. The highest BCUT2D eigenvalue weighted by Crippen LogP contribution is 2.40. The SMILES string of the molecule is Cc1c(C2CCCN(C(=O)C(C)(C)C)C2C(=O)O)nn(C(=O)c2cccc(C(=O)O)c2Cl)c1SCc1ccc(Cl)s1. The Morgan fingerprint density at radius 3 is 2.37 bits per heavy atom. The van der Waals surface area contributed by atoms with E-state index in [1.54, 1.807) is 33.8 Å².